The van der Waals surface area contributed by atoms with Gasteiger partial charge in [0.15, 0.2) is 5.13 Å². The number of methoxy groups -OCH3 is 1. The smallest absolute Gasteiger partial charge is 0.186 e. The molecule has 96 valence electrons. The maximum atomic E-state index is 5.18. The van der Waals surface area contributed by atoms with Crippen molar-refractivity contribution >= 4 is 16.5 Å². The van der Waals surface area contributed by atoms with Gasteiger partial charge in [-0.15, -0.1) is 11.3 Å². The molecule has 4 nitrogen and oxygen atoms in total. The van der Waals surface area contributed by atoms with Crippen LogP contribution >= 0.6 is 11.3 Å². The van der Waals surface area contributed by atoms with E-state index in [1.807, 2.05) is 18.4 Å². The quantitative estimate of drug-likeness (QED) is 0.806. The van der Waals surface area contributed by atoms with E-state index in [0.29, 0.717) is 6.04 Å². The number of hydrogen-bond acceptors (Lipinski definition) is 5. The van der Waals surface area contributed by atoms with Gasteiger partial charge >= 0.3 is 0 Å². The summed E-state index contributed by atoms with van der Waals surface area (Å²) in [6, 6.07) is 0.693. The first kappa shape index (κ1) is 12.8. The summed E-state index contributed by atoms with van der Waals surface area (Å²) in [5.41, 5.74) is 1.16. The summed E-state index contributed by atoms with van der Waals surface area (Å²) >= 11 is 1.81. The molecule has 1 aliphatic carbocycles. The molecule has 2 rings (SSSR count). The Morgan fingerprint density at radius 2 is 2.29 bits per heavy atom. The topological polar surface area (TPSA) is 37.4 Å². The zero-order valence-electron chi connectivity index (χ0n) is 10.8. The lowest BCUT2D eigenvalue weighted by atomic mass is 10.4. The molecule has 17 heavy (non-hydrogen) atoms. The Labute approximate surface area is 107 Å². The van der Waals surface area contributed by atoms with E-state index in [0.717, 1.165) is 30.5 Å². The van der Waals surface area contributed by atoms with Crippen LogP contribution in [0.1, 0.15) is 23.4 Å². The molecule has 1 aliphatic rings. The van der Waals surface area contributed by atoms with Gasteiger partial charge in [-0.1, -0.05) is 0 Å². The van der Waals surface area contributed by atoms with Gasteiger partial charge in [0.2, 0.25) is 0 Å². The first-order chi connectivity index (χ1) is 8.26. The van der Waals surface area contributed by atoms with Crippen LogP contribution in [0, 0.1) is 6.92 Å². The van der Waals surface area contributed by atoms with E-state index in [-0.39, 0.29) is 0 Å². The van der Waals surface area contributed by atoms with E-state index < -0.39 is 0 Å². The lowest BCUT2D eigenvalue weighted by Gasteiger charge is -2.20. The summed E-state index contributed by atoms with van der Waals surface area (Å²) in [7, 11) is 3.73. The van der Waals surface area contributed by atoms with Gasteiger partial charge in [-0.3, -0.25) is 0 Å². The molecule has 0 atom stereocenters. The molecule has 0 aliphatic heterocycles. The van der Waals surface area contributed by atoms with Crippen LogP contribution in [0.25, 0.3) is 0 Å². The molecule has 0 bridgehead atoms. The maximum Gasteiger partial charge on any atom is 0.186 e. The Balaban J connectivity index is 2.09. The summed E-state index contributed by atoms with van der Waals surface area (Å²) in [6.45, 7) is 4.73. The molecule has 0 aromatic carbocycles. The van der Waals surface area contributed by atoms with Crippen LogP contribution in [-0.4, -0.2) is 38.3 Å². The average Bonchev–Trinajstić information content (AvgIpc) is 3.07. The Morgan fingerprint density at radius 3 is 2.88 bits per heavy atom. The molecule has 1 aromatic heterocycles. The predicted molar refractivity (Wildman–Crippen MR) is 71.9 cm³/mol. The Bertz CT molecular complexity index is 363. The van der Waals surface area contributed by atoms with Crippen molar-refractivity contribution in [3.05, 3.63) is 10.6 Å². The molecule has 0 saturated heterocycles. The molecule has 0 spiro atoms. The van der Waals surface area contributed by atoms with E-state index in [1.165, 1.54) is 17.7 Å². The molecular weight excluding hydrogens is 234 g/mol. The third-order valence-corrected chi connectivity index (χ3v) is 4.18. The van der Waals surface area contributed by atoms with Gasteiger partial charge in [0.25, 0.3) is 0 Å². The van der Waals surface area contributed by atoms with Crippen LogP contribution in [0.5, 0.6) is 0 Å². The van der Waals surface area contributed by atoms with E-state index in [1.54, 1.807) is 7.11 Å². The van der Waals surface area contributed by atoms with Crippen LogP contribution in [0.3, 0.4) is 0 Å². The van der Waals surface area contributed by atoms with Crippen LogP contribution in [0.2, 0.25) is 0 Å². The number of aromatic nitrogens is 1. The fourth-order valence-corrected chi connectivity index (χ4v) is 3.04. The molecular formula is C12H21N3OS. The first-order valence-corrected chi connectivity index (χ1v) is 6.94. The van der Waals surface area contributed by atoms with Gasteiger partial charge in [0.1, 0.15) is 0 Å². The molecule has 5 heteroatoms. The van der Waals surface area contributed by atoms with Crippen molar-refractivity contribution < 1.29 is 4.74 Å². The highest BCUT2D eigenvalue weighted by Crippen LogP contribution is 2.35. The Morgan fingerprint density at radius 1 is 1.53 bits per heavy atom. The minimum atomic E-state index is 0.693. The van der Waals surface area contributed by atoms with E-state index >= 15 is 0 Å². The predicted octanol–water partition coefficient (Wildman–Crippen LogP) is 1.79. The highest BCUT2D eigenvalue weighted by molar-refractivity contribution is 7.15. The number of ether oxygens (including phenoxy) is 1. The third-order valence-electron chi connectivity index (χ3n) is 2.99. The fourth-order valence-electron chi connectivity index (χ4n) is 1.87. The molecule has 1 saturated carbocycles. The second kappa shape index (κ2) is 5.80. The number of aryl methyl sites for hydroxylation is 1. The lowest BCUT2D eigenvalue weighted by Crippen LogP contribution is -2.29. The molecule has 1 fully saturated rings. The van der Waals surface area contributed by atoms with E-state index in [2.05, 4.69) is 17.1 Å². The number of anilines is 1. The SMILES string of the molecule is CNCc1sc(N(CCOC)C2CC2)nc1C. The molecule has 1 N–H and O–H groups in total. The zero-order valence-corrected chi connectivity index (χ0v) is 11.6. The number of hydrogen-bond donors (Lipinski definition) is 1. The molecule has 0 amide bonds. The van der Waals surface area contributed by atoms with Crippen LogP contribution < -0.4 is 10.2 Å². The highest BCUT2D eigenvalue weighted by atomic mass is 32.1. The number of rotatable bonds is 7. The summed E-state index contributed by atoms with van der Waals surface area (Å²) in [5.74, 6) is 0. The standard InChI is InChI=1S/C12H21N3OS/c1-9-11(8-13-2)17-12(14-9)15(6-7-16-3)10-4-5-10/h10,13H,4-8H2,1-3H3. The van der Waals surface area contributed by atoms with Crippen molar-refractivity contribution in [1.29, 1.82) is 0 Å². The van der Waals surface area contributed by atoms with Gasteiger partial charge in [-0.2, -0.15) is 0 Å². The van der Waals surface area contributed by atoms with Crippen molar-refractivity contribution in [2.24, 2.45) is 0 Å². The van der Waals surface area contributed by atoms with Crippen LogP contribution in [-0.2, 0) is 11.3 Å². The van der Waals surface area contributed by atoms with Crippen molar-refractivity contribution in [3.63, 3.8) is 0 Å². The van der Waals surface area contributed by atoms with Crippen molar-refractivity contribution in [2.45, 2.75) is 32.4 Å². The van der Waals surface area contributed by atoms with Gasteiger partial charge in [-0.25, -0.2) is 4.98 Å². The molecule has 0 unspecified atom stereocenters. The highest BCUT2D eigenvalue weighted by Gasteiger charge is 2.31. The third kappa shape index (κ3) is 3.18. The van der Waals surface area contributed by atoms with Gasteiger partial charge in [0, 0.05) is 31.1 Å². The van der Waals surface area contributed by atoms with Crippen molar-refractivity contribution in [3.8, 4) is 0 Å². The fraction of sp³-hybridized carbons (Fsp3) is 0.750. The second-order valence-electron chi connectivity index (χ2n) is 4.45. The van der Waals surface area contributed by atoms with Crippen LogP contribution in [0.4, 0.5) is 5.13 Å². The Kier molecular flexibility index (Phi) is 4.36. The summed E-state index contributed by atoms with van der Waals surface area (Å²) < 4.78 is 5.18. The normalized spacial score (nSPS) is 15.2. The average molecular weight is 255 g/mol. The van der Waals surface area contributed by atoms with Crippen LogP contribution in [0.15, 0.2) is 0 Å². The molecule has 0 radical (unpaired) electrons. The number of nitrogens with one attached hydrogen (secondary N) is 1. The zero-order chi connectivity index (χ0) is 12.3. The van der Waals surface area contributed by atoms with E-state index in [9.17, 15) is 0 Å². The van der Waals surface area contributed by atoms with E-state index in [4.69, 9.17) is 9.72 Å². The number of nitrogens with zero attached hydrogens (tertiary/aromatic N) is 2. The summed E-state index contributed by atoms with van der Waals surface area (Å²) in [4.78, 5) is 8.43. The second-order valence-corrected chi connectivity index (χ2v) is 5.51. The van der Waals surface area contributed by atoms with Gasteiger partial charge in [-0.05, 0) is 26.8 Å². The van der Waals surface area contributed by atoms with Crippen molar-refractivity contribution in [1.82, 2.24) is 10.3 Å². The minimum Gasteiger partial charge on any atom is -0.383 e. The summed E-state index contributed by atoms with van der Waals surface area (Å²) in [6.07, 6.45) is 2.59. The Hall–Kier alpha value is -0.650. The van der Waals surface area contributed by atoms with Gasteiger partial charge in [0.05, 0.1) is 12.3 Å². The minimum absolute atomic E-state index is 0.693. The molecule has 1 heterocycles. The van der Waals surface area contributed by atoms with Gasteiger partial charge < -0.3 is 15.0 Å². The first-order valence-electron chi connectivity index (χ1n) is 6.12. The monoisotopic (exact) mass is 255 g/mol. The maximum absolute atomic E-state index is 5.18. The number of thiazole rings is 1. The molecule has 1 aromatic rings. The summed E-state index contributed by atoms with van der Waals surface area (Å²) in [5, 5.41) is 4.35. The lowest BCUT2D eigenvalue weighted by molar-refractivity contribution is 0.205. The largest absolute Gasteiger partial charge is 0.383 e. The van der Waals surface area contributed by atoms with Crippen molar-refractivity contribution in [2.75, 3.05) is 32.2 Å².